The van der Waals surface area contributed by atoms with Crippen molar-refractivity contribution in [3.05, 3.63) is 38.9 Å². The molecule has 0 radical (unpaired) electrons. The fourth-order valence-corrected chi connectivity index (χ4v) is 1.86. The van der Waals surface area contributed by atoms with E-state index in [1.54, 1.807) is 19.3 Å². The smallest absolute Gasteiger partial charge is 0.329 e. The number of aryl methyl sites for hydroxylation is 2. The maximum Gasteiger partial charge on any atom is 0.329 e. The van der Waals surface area contributed by atoms with Crippen LogP contribution in [0.3, 0.4) is 0 Å². The predicted molar refractivity (Wildman–Crippen MR) is 79.1 cm³/mol. The molecule has 3 aromatic heterocycles. The Hall–Kier alpha value is -2.77. The molecule has 0 unspecified atom stereocenters. The summed E-state index contributed by atoms with van der Waals surface area (Å²) in [5.41, 5.74) is 0.745. The summed E-state index contributed by atoms with van der Waals surface area (Å²) in [5, 5.41) is 0. The van der Waals surface area contributed by atoms with Crippen molar-refractivity contribution in [3.63, 3.8) is 0 Å². The van der Waals surface area contributed by atoms with Crippen LogP contribution < -0.4 is 11.2 Å². The van der Waals surface area contributed by atoms with Crippen molar-refractivity contribution in [2.45, 2.75) is 20.8 Å². The zero-order valence-corrected chi connectivity index (χ0v) is 12.3. The molecule has 0 amide bonds. The van der Waals surface area contributed by atoms with Crippen LogP contribution in [0.2, 0.25) is 0 Å². The molecule has 0 aliphatic heterocycles. The summed E-state index contributed by atoms with van der Waals surface area (Å²) in [6, 6.07) is 0. The van der Waals surface area contributed by atoms with Crippen LogP contribution in [0.15, 0.2) is 22.0 Å². The lowest BCUT2D eigenvalue weighted by Gasteiger charge is -1.97. The largest absolute Gasteiger partial charge is 0.331 e. The number of hydrogen-bond donors (Lipinski definition) is 2. The van der Waals surface area contributed by atoms with Gasteiger partial charge in [0.25, 0.3) is 5.56 Å². The molecule has 0 spiro atoms. The van der Waals surface area contributed by atoms with Crippen LogP contribution in [-0.4, -0.2) is 29.5 Å². The van der Waals surface area contributed by atoms with Crippen LogP contribution >= 0.6 is 0 Å². The van der Waals surface area contributed by atoms with Crippen molar-refractivity contribution in [3.8, 4) is 11.5 Å². The maximum absolute atomic E-state index is 11.7. The minimum atomic E-state index is -0.508. The highest BCUT2D eigenvalue weighted by Gasteiger charge is 2.14. The van der Waals surface area contributed by atoms with Crippen molar-refractivity contribution in [1.29, 1.82) is 0 Å². The van der Waals surface area contributed by atoms with E-state index in [0.717, 1.165) is 0 Å². The number of imidazole rings is 1. The second-order valence-corrected chi connectivity index (χ2v) is 4.09. The van der Waals surface area contributed by atoms with Gasteiger partial charge in [0.2, 0.25) is 0 Å². The molecule has 0 aliphatic rings. The first-order valence-corrected chi connectivity index (χ1v) is 6.55. The highest BCUT2D eigenvalue weighted by molar-refractivity contribution is 5.74. The molecule has 0 aromatic carbocycles. The number of fused-ring (bicyclic) bond motifs is 1. The van der Waals surface area contributed by atoms with Gasteiger partial charge in [0.1, 0.15) is 11.2 Å². The van der Waals surface area contributed by atoms with Gasteiger partial charge in [0.05, 0.1) is 5.69 Å². The number of rotatable bonds is 1. The fourth-order valence-electron chi connectivity index (χ4n) is 1.86. The molecule has 0 aliphatic carbocycles. The highest BCUT2D eigenvalue weighted by Crippen LogP contribution is 2.17. The Balaban J connectivity index is 0.000000774. The van der Waals surface area contributed by atoms with Gasteiger partial charge in [-0.3, -0.25) is 19.3 Å². The number of H-pyrrole nitrogens is 2. The average Bonchev–Trinajstić information content (AvgIpc) is 2.93. The first kappa shape index (κ1) is 14.6. The number of nitrogens with one attached hydrogen (secondary N) is 2. The third-order valence-electron chi connectivity index (χ3n) is 2.86. The molecule has 0 saturated heterocycles. The maximum atomic E-state index is 11.7. The van der Waals surface area contributed by atoms with E-state index in [1.807, 2.05) is 13.8 Å². The monoisotopic (exact) mass is 288 g/mol. The van der Waals surface area contributed by atoms with Gasteiger partial charge in [0.15, 0.2) is 11.5 Å². The molecule has 2 N–H and O–H groups in total. The molecule has 21 heavy (non-hydrogen) atoms. The van der Waals surface area contributed by atoms with Crippen molar-refractivity contribution in [2.75, 3.05) is 0 Å². The summed E-state index contributed by atoms with van der Waals surface area (Å²) in [7, 11) is 1.54. The normalized spacial score (nSPS) is 10.3. The lowest BCUT2D eigenvalue weighted by atomic mass is 10.3. The van der Waals surface area contributed by atoms with Crippen molar-refractivity contribution < 1.29 is 0 Å². The summed E-state index contributed by atoms with van der Waals surface area (Å²) < 4.78 is 1.27. The summed E-state index contributed by atoms with van der Waals surface area (Å²) in [5.74, 6) is 0.410. The summed E-state index contributed by atoms with van der Waals surface area (Å²) >= 11 is 0. The summed E-state index contributed by atoms with van der Waals surface area (Å²) in [4.78, 5) is 40.8. The van der Waals surface area contributed by atoms with Crippen LogP contribution in [-0.2, 0) is 7.05 Å². The quantitative estimate of drug-likeness (QED) is 0.686. The minimum Gasteiger partial charge on any atom is -0.331 e. The Morgan fingerprint density at radius 2 is 1.76 bits per heavy atom. The number of aromatic nitrogens is 6. The van der Waals surface area contributed by atoms with E-state index >= 15 is 0 Å². The van der Waals surface area contributed by atoms with E-state index in [1.165, 1.54) is 11.6 Å². The Bertz CT molecular complexity index is 890. The SMILES string of the molecule is CC.Cc1nccnc1-c1nc2c([nH]1)c(=O)[nH]c(=O)n2C. The van der Waals surface area contributed by atoms with Crippen LogP contribution in [0.4, 0.5) is 0 Å². The summed E-state index contributed by atoms with van der Waals surface area (Å²) in [6.45, 7) is 5.79. The van der Waals surface area contributed by atoms with Gasteiger partial charge < -0.3 is 4.98 Å². The zero-order chi connectivity index (χ0) is 15.6. The van der Waals surface area contributed by atoms with E-state index in [4.69, 9.17) is 0 Å². The number of hydrogen-bond acceptors (Lipinski definition) is 5. The van der Waals surface area contributed by atoms with Crippen molar-refractivity contribution >= 4 is 11.2 Å². The van der Waals surface area contributed by atoms with E-state index in [-0.39, 0.29) is 11.2 Å². The third kappa shape index (κ3) is 2.47. The Kier molecular flexibility index (Phi) is 3.97. The minimum absolute atomic E-state index is 0.238. The topological polar surface area (TPSA) is 109 Å². The van der Waals surface area contributed by atoms with Gasteiger partial charge in [0, 0.05) is 19.4 Å². The number of aromatic amines is 2. The van der Waals surface area contributed by atoms with Gasteiger partial charge in [-0.05, 0) is 6.92 Å². The molecule has 0 bridgehead atoms. The molecule has 0 fully saturated rings. The fraction of sp³-hybridized carbons (Fsp3) is 0.308. The third-order valence-corrected chi connectivity index (χ3v) is 2.86. The Morgan fingerprint density at radius 1 is 1.10 bits per heavy atom. The standard InChI is InChI=1S/C11H10N6O2.C2H6/c1-5-6(13-4-3-12-5)8-14-7-9(15-8)17(2)11(19)16-10(7)18;1-2/h3-4H,1-2H3,(H,14,15)(H,16,18,19);1-2H3. The van der Waals surface area contributed by atoms with Gasteiger partial charge in [-0.2, -0.15) is 0 Å². The average molecular weight is 288 g/mol. The van der Waals surface area contributed by atoms with Gasteiger partial charge in [-0.1, -0.05) is 13.8 Å². The van der Waals surface area contributed by atoms with Gasteiger partial charge in [-0.15, -0.1) is 0 Å². The van der Waals surface area contributed by atoms with E-state index in [0.29, 0.717) is 17.2 Å². The molecule has 3 aromatic rings. The molecular formula is C13H16N6O2. The molecule has 0 saturated carbocycles. The van der Waals surface area contributed by atoms with Crippen LogP contribution in [0.25, 0.3) is 22.7 Å². The van der Waals surface area contributed by atoms with Gasteiger partial charge in [-0.25, -0.2) is 14.8 Å². The molecule has 8 nitrogen and oxygen atoms in total. The second kappa shape index (κ2) is 5.70. The highest BCUT2D eigenvalue weighted by atomic mass is 16.2. The molecular weight excluding hydrogens is 272 g/mol. The van der Waals surface area contributed by atoms with E-state index in [2.05, 4.69) is 24.9 Å². The van der Waals surface area contributed by atoms with Crippen LogP contribution in [0, 0.1) is 6.92 Å². The Labute approximate surface area is 119 Å². The second-order valence-electron chi connectivity index (χ2n) is 4.09. The van der Waals surface area contributed by atoms with Crippen LogP contribution in [0.5, 0.6) is 0 Å². The Morgan fingerprint density at radius 3 is 2.43 bits per heavy atom. The molecule has 110 valence electrons. The van der Waals surface area contributed by atoms with Crippen molar-refractivity contribution in [2.24, 2.45) is 7.05 Å². The first-order chi connectivity index (χ1) is 10.1. The molecule has 3 heterocycles. The lowest BCUT2D eigenvalue weighted by Crippen LogP contribution is -2.28. The number of nitrogens with zero attached hydrogens (tertiary/aromatic N) is 4. The first-order valence-electron chi connectivity index (χ1n) is 6.55. The predicted octanol–water partition coefficient (Wildman–Crippen LogP) is 0.742. The lowest BCUT2D eigenvalue weighted by molar-refractivity contribution is 0.832. The van der Waals surface area contributed by atoms with E-state index in [9.17, 15) is 9.59 Å². The molecule has 3 rings (SSSR count). The molecule has 0 atom stereocenters. The van der Waals surface area contributed by atoms with Crippen molar-refractivity contribution in [1.82, 2.24) is 29.5 Å². The van der Waals surface area contributed by atoms with Gasteiger partial charge >= 0.3 is 5.69 Å². The summed E-state index contributed by atoms with van der Waals surface area (Å²) in [6.07, 6.45) is 3.11. The van der Waals surface area contributed by atoms with Crippen LogP contribution in [0.1, 0.15) is 19.5 Å². The zero-order valence-electron chi connectivity index (χ0n) is 12.3. The van der Waals surface area contributed by atoms with E-state index < -0.39 is 11.2 Å². The molecule has 8 heteroatoms.